The minimum Gasteiger partial charge on any atom is -0.490 e. The standard InChI is InChI=1S/C33H42O8/c1-7-30(34)40-22(3)15-17-36-24(5)20-38-28-13-9-11-26-19-27-12-10-14-29(33(27)32(26)28)39-21-25(6)37-18-16-23(4)41-31(35)8-2/h7-14,22-25H,1-2,15-21H2,3-6H3. The van der Waals surface area contributed by atoms with Crippen LogP contribution in [-0.2, 0) is 35.0 Å². The van der Waals surface area contributed by atoms with Crippen LogP contribution in [-0.4, -0.2) is 62.8 Å². The molecule has 2 aromatic rings. The van der Waals surface area contributed by atoms with E-state index >= 15 is 0 Å². The van der Waals surface area contributed by atoms with Crippen LogP contribution in [0.25, 0.3) is 11.1 Å². The lowest BCUT2D eigenvalue weighted by atomic mass is 10.0. The Morgan fingerprint density at radius 1 is 0.707 bits per heavy atom. The van der Waals surface area contributed by atoms with Crippen molar-refractivity contribution in [3.63, 3.8) is 0 Å². The Labute approximate surface area is 243 Å². The highest BCUT2D eigenvalue weighted by atomic mass is 16.6. The zero-order valence-corrected chi connectivity index (χ0v) is 24.6. The second kappa shape index (κ2) is 16.0. The molecule has 8 heteroatoms. The predicted octanol–water partition coefficient (Wildman–Crippen LogP) is 5.84. The molecule has 1 aliphatic rings. The minimum atomic E-state index is -0.434. The lowest BCUT2D eigenvalue weighted by Crippen LogP contribution is -2.22. The van der Waals surface area contributed by atoms with Crippen molar-refractivity contribution in [2.24, 2.45) is 0 Å². The van der Waals surface area contributed by atoms with Gasteiger partial charge in [-0.15, -0.1) is 0 Å². The number of ether oxygens (including phenoxy) is 6. The highest BCUT2D eigenvalue weighted by molar-refractivity contribution is 5.86. The average Bonchev–Trinajstić information content (AvgIpc) is 3.34. The van der Waals surface area contributed by atoms with Gasteiger partial charge in [-0.3, -0.25) is 0 Å². The third kappa shape index (κ3) is 9.76. The van der Waals surface area contributed by atoms with Gasteiger partial charge in [0, 0.05) is 36.1 Å². The summed E-state index contributed by atoms with van der Waals surface area (Å²) >= 11 is 0. The Balaban J connectivity index is 1.55. The number of hydrogen-bond donors (Lipinski definition) is 0. The molecule has 0 heterocycles. The van der Waals surface area contributed by atoms with E-state index in [-0.39, 0.29) is 24.4 Å². The van der Waals surface area contributed by atoms with E-state index in [0.29, 0.717) is 39.3 Å². The number of fused-ring (bicyclic) bond motifs is 3. The van der Waals surface area contributed by atoms with Crippen molar-refractivity contribution in [2.45, 2.75) is 71.4 Å². The van der Waals surface area contributed by atoms with Crippen molar-refractivity contribution in [1.29, 1.82) is 0 Å². The predicted molar refractivity (Wildman–Crippen MR) is 157 cm³/mol. The third-order valence-corrected chi connectivity index (χ3v) is 6.62. The number of carbonyl (C=O) groups excluding carboxylic acids is 2. The normalized spacial score (nSPS) is 14.5. The van der Waals surface area contributed by atoms with E-state index in [1.807, 2.05) is 52.0 Å². The summed E-state index contributed by atoms with van der Waals surface area (Å²) < 4.78 is 34.6. The van der Waals surface area contributed by atoms with Gasteiger partial charge in [-0.1, -0.05) is 37.4 Å². The lowest BCUT2D eigenvalue weighted by molar-refractivity contribution is -0.144. The molecule has 0 fully saturated rings. The zero-order valence-electron chi connectivity index (χ0n) is 24.6. The van der Waals surface area contributed by atoms with Crippen molar-refractivity contribution >= 4 is 11.9 Å². The Morgan fingerprint density at radius 2 is 1.12 bits per heavy atom. The summed E-state index contributed by atoms with van der Waals surface area (Å²) in [5, 5.41) is 0. The molecule has 0 amide bonds. The summed E-state index contributed by atoms with van der Waals surface area (Å²) in [4.78, 5) is 22.7. The Bertz CT molecular complexity index is 1100. The summed E-state index contributed by atoms with van der Waals surface area (Å²) in [5.74, 6) is 0.702. The number of esters is 2. The quantitative estimate of drug-likeness (QED) is 0.140. The van der Waals surface area contributed by atoms with Crippen LogP contribution in [0.3, 0.4) is 0 Å². The fourth-order valence-corrected chi connectivity index (χ4v) is 4.45. The number of hydrogen-bond acceptors (Lipinski definition) is 8. The SMILES string of the molecule is C=CC(=O)OC(C)CCOC(C)COc1cccc2c1-c1c(cccc1OCC(C)OCCC(C)OC(=O)C=C)C2. The molecule has 0 N–H and O–H groups in total. The van der Waals surface area contributed by atoms with E-state index in [9.17, 15) is 9.59 Å². The molecule has 0 bridgehead atoms. The van der Waals surface area contributed by atoms with Crippen LogP contribution in [0.2, 0.25) is 0 Å². The van der Waals surface area contributed by atoms with Crippen molar-refractivity contribution < 1.29 is 38.0 Å². The van der Waals surface area contributed by atoms with Crippen LogP contribution in [0, 0.1) is 0 Å². The molecule has 41 heavy (non-hydrogen) atoms. The van der Waals surface area contributed by atoms with Crippen LogP contribution in [0.1, 0.15) is 51.7 Å². The van der Waals surface area contributed by atoms with E-state index in [1.165, 1.54) is 11.1 Å². The lowest BCUT2D eigenvalue weighted by Gasteiger charge is -2.20. The fraction of sp³-hybridized carbons (Fsp3) is 0.455. The van der Waals surface area contributed by atoms with Gasteiger partial charge >= 0.3 is 11.9 Å². The molecule has 0 aliphatic heterocycles. The second-order valence-electron chi connectivity index (χ2n) is 10.2. The molecule has 0 radical (unpaired) electrons. The van der Waals surface area contributed by atoms with E-state index in [0.717, 1.165) is 41.2 Å². The van der Waals surface area contributed by atoms with Gasteiger partial charge in [-0.05, 0) is 57.4 Å². The molecular weight excluding hydrogens is 524 g/mol. The van der Waals surface area contributed by atoms with Gasteiger partial charge < -0.3 is 28.4 Å². The van der Waals surface area contributed by atoms with Crippen molar-refractivity contribution in [1.82, 2.24) is 0 Å². The van der Waals surface area contributed by atoms with Gasteiger partial charge in [0.05, 0.1) is 25.4 Å². The molecule has 1 aliphatic carbocycles. The van der Waals surface area contributed by atoms with Crippen molar-refractivity contribution in [3.8, 4) is 22.6 Å². The van der Waals surface area contributed by atoms with E-state index in [1.54, 1.807) is 0 Å². The van der Waals surface area contributed by atoms with E-state index in [4.69, 9.17) is 28.4 Å². The first kappa shape index (κ1) is 31.9. The Hall–Kier alpha value is -3.62. The summed E-state index contributed by atoms with van der Waals surface area (Å²) in [7, 11) is 0. The average molecular weight is 567 g/mol. The summed E-state index contributed by atoms with van der Waals surface area (Å²) in [5.41, 5.74) is 4.46. The van der Waals surface area contributed by atoms with Crippen molar-refractivity contribution in [3.05, 3.63) is 72.8 Å². The van der Waals surface area contributed by atoms with E-state index < -0.39 is 11.9 Å². The van der Waals surface area contributed by atoms with Gasteiger partial charge in [0.15, 0.2) is 0 Å². The highest BCUT2D eigenvalue weighted by Gasteiger charge is 2.26. The summed E-state index contributed by atoms with van der Waals surface area (Å²) in [6, 6.07) is 12.2. The fourth-order valence-electron chi connectivity index (χ4n) is 4.45. The Kier molecular flexibility index (Phi) is 12.4. The zero-order chi connectivity index (χ0) is 29.8. The summed E-state index contributed by atoms with van der Waals surface area (Å²) in [6.45, 7) is 16.0. The molecule has 0 saturated heterocycles. The van der Waals surface area contributed by atoms with Crippen LogP contribution in [0.15, 0.2) is 61.7 Å². The number of rotatable bonds is 18. The molecule has 0 aromatic heterocycles. The van der Waals surface area contributed by atoms with Gasteiger partial charge in [-0.25, -0.2) is 9.59 Å². The largest absolute Gasteiger partial charge is 0.490 e. The van der Waals surface area contributed by atoms with Crippen LogP contribution < -0.4 is 9.47 Å². The van der Waals surface area contributed by atoms with E-state index in [2.05, 4.69) is 25.3 Å². The topological polar surface area (TPSA) is 89.5 Å². The molecule has 4 unspecified atom stereocenters. The number of benzene rings is 2. The molecule has 222 valence electrons. The van der Waals surface area contributed by atoms with Crippen LogP contribution in [0.5, 0.6) is 11.5 Å². The molecule has 0 spiro atoms. The molecule has 3 rings (SSSR count). The van der Waals surface area contributed by atoms with Gasteiger partial charge in [0.1, 0.15) is 36.9 Å². The maximum atomic E-state index is 11.3. The van der Waals surface area contributed by atoms with Crippen LogP contribution >= 0.6 is 0 Å². The van der Waals surface area contributed by atoms with Gasteiger partial charge in [0.2, 0.25) is 0 Å². The van der Waals surface area contributed by atoms with Crippen molar-refractivity contribution in [2.75, 3.05) is 26.4 Å². The number of carbonyl (C=O) groups is 2. The monoisotopic (exact) mass is 566 g/mol. The van der Waals surface area contributed by atoms with Crippen LogP contribution in [0.4, 0.5) is 0 Å². The smallest absolute Gasteiger partial charge is 0.330 e. The second-order valence-corrected chi connectivity index (χ2v) is 10.2. The van der Waals surface area contributed by atoms with Gasteiger partial charge in [0.25, 0.3) is 0 Å². The Morgan fingerprint density at radius 3 is 1.51 bits per heavy atom. The molecule has 2 aromatic carbocycles. The highest BCUT2D eigenvalue weighted by Crippen LogP contribution is 2.47. The van der Waals surface area contributed by atoms with Gasteiger partial charge in [-0.2, -0.15) is 0 Å². The molecule has 0 saturated carbocycles. The molecule has 4 atom stereocenters. The minimum absolute atomic E-state index is 0.151. The molecule has 8 nitrogen and oxygen atoms in total. The molecular formula is C33H42O8. The maximum absolute atomic E-state index is 11.3. The summed E-state index contributed by atoms with van der Waals surface area (Å²) in [6.07, 6.45) is 3.49. The third-order valence-electron chi connectivity index (χ3n) is 6.62. The first-order valence-electron chi connectivity index (χ1n) is 14.1. The first-order chi connectivity index (χ1) is 19.7. The maximum Gasteiger partial charge on any atom is 0.330 e. The first-order valence-corrected chi connectivity index (χ1v) is 14.1.